The highest BCUT2D eigenvalue weighted by Gasteiger charge is 2.28. The molecule has 0 aliphatic carbocycles. The number of likely N-dealkylation sites (tertiary alicyclic amines) is 1. The third-order valence-electron chi connectivity index (χ3n) is 6.83. The van der Waals surface area contributed by atoms with Gasteiger partial charge in [-0.3, -0.25) is 14.4 Å². The fraction of sp³-hybridized carbons (Fsp3) is 0.321. The Morgan fingerprint density at radius 2 is 1.50 bits per heavy atom. The van der Waals surface area contributed by atoms with Crippen LogP contribution in [-0.2, 0) is 0 Å². The first-order valence-corrected chi connectivity index (χ1v) is 13.3. The van der Waals surface area contributed by atoms with Gasteiger partial charge in [0.1, 0.15) is 0 Å². The number of carbonyl (C=O) groups excluding carboxylic acids is 3. The van der Waals surface area contributed by atoms with E-state index in [2.05, 4.69) is 10.2 Å². The highest BCUT2D eigenvalue weighted by Crippen LogP contribution is 2.29. The number of aryl methyl sites for hydroxylation is 1. The van der Waals surface area contributed by atoms with E-state index in [9.17, 15) is 14.4 Å². The number of amides is 3. The van der Waals surface area contributed by atoms with Gasteiger partial charge in [-0.25, -0.2) is 0 Å². The molecule has 2 saturated heterocycles. The van der Waals surface area contributed by atoms with Crippen LogP contribution in [0.15, 0.2) is 60.0 Å². The lowest BCUT2D eigenvalue weighted by Crippen LogP contribution is -2.49. The number of thiophene rings is 1. The monoisotopic (exact) mass is 502 g/mol. The van der Waals surface area contributed by atoms with Crippen molar-refractivity contribution in [2.24, 2.45) is 0 Å². The molecule has 1 aromatic heterocycles. The minimum atomic E-state index is -0.180. The number of piperazine rings is 1. The Balaban J connectivity index is 1.34. The van der Waals surface area contributed by atoms with Crippen molar-refractivity contribution in [2.75, 3.05) is 49.5 Å². The van der Waals surface area contributed by atoms with Gasteiger partial charge in [0.05, 0.1) is 10.4 Å². The number of benzene rings is 2. The van der Waals surface area contributed by atoms with Crippen LogP contribution in [0.1, 0.15) is 48.8 Å². The number of nitrogens with one attached hydrogen (secondary N) is 1. The Labute approximate surface area is 215 Å². The Kier molecular flexibility index (Phi) is 7.04. The quantitative estimate of drug-likeness (QED) is 0.557. The zero-order valence-electron chi connectivity index (χ0n) is 20.4. The largest absolute Gasteiger partial charge is 0.367 e. The van der Waals surface area contributed by atoms with Crippen LogP contribution in [0.3, 0.4) is 0 Å². The van der Waals surface area contributed by atoms with Crippen LogP contribution >= 0.6 is 11.3 Å². The molecule has 2 aromatic carbocycles. The zero-order chi connectivity index (χ0) is 25.1. The molecule has 1 N–H and O–H groups in total. The number of carbonyl (C=O) groups is 3. The molecule has 0 radical (unpaired) electrons. The third-order valence-corrected chi connectivity index (χ3v) is 7.70. The molecule has 0 saturated carbocycles. The molecule has 0 spiro atoms. The van der Waals surface area contributed by atoms with Crippen molar-refractivity contribution in [3.8, 4) is 0 Å². The Morgan fingerprint density at radius 3 is 2.17 bits per heavy atom. The van der Waals surface area contributed by atoms with E-state index in [1.807, 2.05) is 64.6 Å². The van der Waals surface area contributed by atoms with E-state index in [1.165, 1.54) is 11.3 Å². The molecule has 5 rings (SSSR count). The van der Waals surface area contributed by atoms with Crippen molar-refractivity contribution in [3.05, 3.63) is 81.5 Å². The lowest BCUT2D eigenvalue weighted by molar-refractivity contribution is 0.0743. The number of rotatable bonds is 5. The van der Waals surface area contributed by atoms with Crippen molar-refractivity contribution in [1.29, 1.82) is 0 Å². The summed E-state index contributed by atoms with van der Waals surface area (Å²) in [7, 11) is 0. The molecule has 3 heterocycles. The second-order valence-electron chi connectivity index (χ2n) is 9.31. The summed E-state index contributed by atoms with van der Waals surface area (Å²) in [5.74, 6) is -0.150. The second-order valence-corrected chi connectivity index (χ2v) is 10.3. The normalized spacial score (nSPS) is 15.8. The number of anilines is 2. The van der Waals surface area contributed by atoms with Crippen LogP contribution < -0.4 is 10.2 Å². The predicted octanol–water partition coefficient (Wildman–Crippen LogP) is 4.51. The van der Waals surface area contributed by atoms with E-state index < -0.39 is 0 Å². The van der Waals surface area contributed by atoms with Crippen LogP contribution in [0.5, 0.6) is 0 Å². The molecule has 7 nitrogen and oxygen atoms in total. The second kappa shape index (κ2) is 10.5. The van der Waals surface area contributed by atoms with Crippen molar-refractivity contribution < 1.29 is 14.4 Å². The van der Waals surface area contributed by atoms with Gasteiger partial charge in [-0.15, -0.1) is 11.3 Å². The van der Waals surface area contributed by atoms with Gasteiger partial charge in [-0.1, -0.05) is 23.8 Å². The molecule has 2 aliphatic rings. The lowest BCUT2D eigenvalue weighted by Gasteiger charge is -2.37. The van der Waals surface area contributed by atoms with Gasteiger partial charge in [0.25, 0.3) is 17.7 Å². The SMILES string of the molecule is Cc1ccc(C(=O)N2CCN(c3ccc(NC(=O)c4cccs4)cc3C(=O)N3CCCC3)CC2)cc1. The molecule has 3 aromatic rings. The van der Waals surface area contributed by atoms with Gasteiger partial charge >= 0.3 is 0 Å². The van der Waals surface area contributed by atoms with Crippen molar-refractivity contribution >= 4 is 40.4 Å². The van der Waals surface area contributed by atoms with E-state index in [-0.39, 0.29) is 17.7 Å². The van der Waals surface area contributed by atoms with Crippen LogP contribution in [0.4, 0.5) is 11.4 Å². The average molecular weight is 503 g/mol. The van der Waals surface area contributed by atoms with E-state index in [4.69, 9.17) is 0 Å². The van der Waals surface area contributed by atoms with Crippen molar-refractivity contribution in [3.63, 3.8) is 0 Å². The number of hydrogen-bond acceptors (Lipinski definition) is 5. The van der Waals surface area contributed by atoms with E-state index in [0.29, 0.717) is 47.9 Å². The topological polar surface area (TPSA) is 73.0 Å². The maximum atomic E-state index is 13.5. The Bertz CT molecular complexity index is 1240. The summed E-state index contributed by atoms with van der Waals surface area (Å²) in [5.41, 5.74) is 3.88. The molecule has 3 amide bonds. The van der Waals surface area contributed by atoms with Gasteiger partial charge < -0.3 is 20.0 Å². The summed E-state index contributed by atoms with van der Waals surface area (Å²) >= 11 is 1.38. The fourth-order valence-corrected chi connectivity index (χ4v) is 5.40. The molecule has 8 heteroatoms. The zero-order valence-corrected chi connectivity index (χ0v) is 21.2. The van der Waals surface area contributed by atoms with E-state index in [0.717, 1.165) is 37.2 Å². The fourth-order valence-electron chi connectivity index (χ4n) is 4.78. The summed E-state index contributed by atoms with van der Waals surface area (Å²) in [6, 6.07) is 16.9. The molecule has 186 valence electrons. The predicted molar refractivity (Wildman–Crippen MR) is 143 cm³/mol. The average Bonchev–Trinajstić information content (AvgIpc) is 3.64. The first kappa shape index (κ1) is 24.1. The minimum absolute atomic E-state index is 0.00659. The van der Waals surface area contributed by atoms with Crippen LogP contribution in [0, 0.1) is 6.92 Å². The van der Waals surface area contributed by atoms with Crippen LogP contribution in [0.2, 0.25) is 0 Å². The van der Waals surface area contributed by atoms with E-state index >= 15 is 0 Å². The highest BCUT2D eigenvalue weighted by atomic mass is 32.1. The summed E-state index contributed by atoms with van der Waals surface area (Å²) in [6.07, 6.45) is 2.02. The third kappa shape index (κ3) is 5.14. The summed E-state index contributed by atoms with van der Waals surface area (Å²) in [5, 5.41) is 4.80. The Hall–Kier alpha value is -3.65. The van der Waals surface area contributed by atoms with Crippen LogP contribution in [0.25, 0.3) is 0 Å². The van der Waals surface area contributed by atoms with Gasteiger partial charge in [-0.05, 0) is 61.5 Å². The molecule has 0 bridgehead atoms. The van der Waals surface area contributed by atoms with Gasteiger partial charge in [-0.2, -0.15) is 0 Å². The standard InChI is InChI=1S/C28H30N4O3S/c1-20-6-8-21(9-7-20)27(34)32-16-14-30(15-17-32)24-11-10-22(29-26(33)25-5-4-18-36-25)19-23(24)28(35)31-12-2-3-13-31/h4-11,18-19H,2-3,12-17H2,1H3,(H,29,33). The first-order chi connectivity index (χ1) is 17.5. The molecule has 2 fully saturated rings. The minimum Gasteiger partial charge on any atom is -0.367 e. The highest BCUT2D eigenvalue weighted by molar-refractivity contribution is 7.12. The molecule has 36 heavy (non-hydrogen) atoms. The van der Waals surface area contributed by atoms with E-state index in [1.54, 1.807) is 12.1 Å². The first-order valence-electron chi connectivity index (χ1n) is 12.4. The van der Waals surface area contributed by atoms with Gasteiger partial charge in [0.15, 0.2) is 0 Å². The summed E-state index contributed by atoms with van der Waals surface area (Å²) in [6.45, 7) is 5.96. The Morgan fingerprint density at radius 1 is 0.806 bits per heavy atom. The maximum absolute atomic E-state index is 13.5. The number of hydrogen-bond donors (Lipinski definition) is 1. The molecule has 2 aliphatic heterocycles. The van der Waals surface area contributed by atoms with Crippen molar-refractivity contribution in [2.45, 2.75) is 19.8 Å². The maximum Gasteiger partial charge on any atom is 0.265 e. The number of nitrogens with zero attached hydrogens (tertiary/aromatic N) is 3. The smallest absolute Gasteiger partial charge is 0.265 e. The lowest BCUT2D eigenvalue weighted by atomic mass is 10.1. The molecular formula is C28H30N4O3S. The van der Waals surface area contributed by atoms with Gasteiger partial charge in [0, 0.05) is 56.2 Å². The molecule has 0 unspecified atom stereocenters. The molecule has 0 atom stereocenters. The van der Waals surface area contributed by atoms with Gasteiger partial charge in [0.2, 0.25) is 0 Å². The van der Waals surface area contributed by atoms with Crippen molar-refractivity contribution in [1.82, 2.24) is 9.80 Å². The summed E-state index contributed by atoms with van der Waals surface area (Å²) < 4.78 is 0. The summed E-state index contributed by atoms with van der Waals surface area (Å²) in [4.78, 5) is 45.6. The molecular weight excluding hydrogens is 472 g/mol. The van der Waals surface area contributed by atoms with Crippen LogP contribution in [-0.4, -0.2) is 66.8 Å².